The third kappa shape index (κ3) is 5.04. The number of aromatic nitrogens is 2. The third-order valence-corrected chi connectivity index (χ3v) is 5.96. The lowest BCUT2D eigenvalue weighted by Gasteiger charge is -2.10. The highest BCUT2D eigenvalue weighted by molar-refractivity contribution is 8.00. The van der Waals surface area contributed by atoms with Crippen LogP contribution >= 0.6 is 11.8 Å². The van der Waals surface area contributed by atoms with E-state index in [-0.39, 0.29) is 12.0 Å². The van der Waals surface area contributed by atoms with E-state index < -0.39 is 0 Å². The summed E-state index contributed by atoms with van der Waals surface area (Å²) in [4.78, 5) is 20.5. The fraction of sp³-hybridized carbons (Fsp3) is 0.304. The van der Waals surface area contributed by atoms with E-state index in [9.17, 15) is 4.79 Å². The maximum absolute atomic E-state index is 12.3. The number of methoxy groups -OCH3 is 1. The van der Waals surface area contributed by atoms with Gasteiger partial charge in [-0.2, -0.15) is 0 Å². The van der Waals surface area contributed by atoms with E-state index in [1.165, 1.54) is 11.8 Å². The molecule has 0 radical (unpaired) electrons. The van der Waals surface area contributed by atoms with Gasteiger partial charge in [0.05, 0.1) is 24.7 Å². The molecular weight excluding hydrogens is 398 g/mol. The molecular formula is C23H25N3O3S. The van der Waals surface area contributed by atoms with Crippen molar-refractivity contribution in [1.29, 1.82) is 0 Å². The molecule has 0 aliphatic carbocycles. The van der Waals surface area contributed by atoms with Crippen molar-refractivity contribution in [2.45, 2.75) is 24.0 Å². The topological polar surface area (TPSA) is 76.2 Å². The molecule has 0 bridgehead atoms. The lowest BCUT2D eigenvalue weighted by molar-refractivity contribution is -0.119. The zero-order chi connectivity index (χ0) is 20.8. The number of rotatable bonds is 8. The molecule has 7 heteroatoms. The quantitative estimate of drug-likeness (QED) is 0.533. The van der Waals surface area contributed by atoms with E-state index >= 15 is 0 Å². The van der Waals surface area contributed by atoms with Gasteiger partial charge in [-0.15, -0.1) is 0 Å². The van der Waals surface area contributed by atoms with Gasteiger partial charge in [-0.1, -0.05) is 42.1 Å². The summed E-state index contributed by atoms with van der Waals surface area (Å²) in [7, 11) is 1.65. The van der Waals surface area contributed by atoms with Gasteiger partial charge in [0.2, 0.25) is 5.91 Å². The molecule has 1 aromatic heterocycles. The first-order chi connectivity index (χ1) is 14.7. The predicted octanol–water partition coefficient (Wildman–Crippen LogP) is 4.14. The summed E-state index contributed by atoms with van der Waals surface area (Å²) in [5.74, 6) is 1.85. The number of nitrogens with zero attached hydrogens (tertiary/aromatic N) is 1. The van der Waals surface area contributed by atoms with Crippen LogP contribution in [0.15, 0.2) is 59.6 Å². The maximum atomic E-state index is 12.3. The van der Waals surface area contributed by atoms with Gasteiger partial charge >= 0.3 is 0 Å². The Kier molecular flexibility index (Phi) is 6.71. The Morgan fingerprint density at radius 1 is 1.20 bits per heavy atom. The minimum absolute atomic E-state index is 0.0106. The molecule has 1 aliphatic heterocycles. The minimum atomic E-state index is -0.0106. The Morgan fingerprint density at radius 3 is 2.70 bits per heavy atom. The highest BCUT2D eigenvalue weighted by atomic mass is 32.2. The summed E-state index contributed by atoms with van der Waals surface area (Å²) < 4.78 is 10.8. The molecule has 156 valence electrons. The number of carbonyl (C=O) groups is 1. The fourth-order valence-corrected chi connectivity index (χ4v) is 4.20. The van der Waals surface area contributed by atoms with Crippen LogP contribution in [0.2, 0.25) is 0 Å². The number of nitrogens with one attached hydrogen (secondary N) is 2. The molecule has 1 fully saturated rings. The summed E-state index contributed by atoms with van der Waals surface area (Å²) in [6.07, 6.45) is 2.22. The molecule has 2 heterocycles. The normalized spacial score (nSPS) is 15.8. The number of ether oxygens (including phenoxy) is 2. The molecule has 1 amide bonds. The van der Waals surface area contributed by atoms with Crippen LogP contribution in [-0.4, -0.2) is 48.0 Å². The molecule has 0 spiro atoms. The van der Waals surface area contributed by atoms with Crippen molar-refractivity contribution in [1.82, 2.24) is 15.3 Å². The number of aromatic amines is 1. The molecule has 1 atom stereocenters. The van der Waals surface area contributed by atoms with Crippen LogP contribution in [0.1, 0.15) is 12.8 Å². The van der Waals surface area contributed by atoms with Crippen molar-refractivity contribution < 1.29 is 14.3 Å². The number of hydrogen-bond donors (Lipinski definition) is 2. The van der Waals surface area contributed by atoms with E-state index in [1.54, 1.807) is 7.11 Å². The van der Waals surface area contributed by atoms with E-state index in [4.69, 9.17) is 14.5 Å². The molecule has 4 rings (SSSR count). The van der Waals surface area contributed by atoms with Gasteiger partial charge in [-0.05, 0) is 37.1 Å². The number of amides is 1. The van der Waals surface area contributed by atoms with Crippen LogP contribution < -0.4 is 10.1 Å². The predicted molar refractivity (Wildman–Crippen MR) is 119 cm³/mol. The first kappa shape index (κ1) is 20.5. The summed E-state index contributed by atoms with van der Waals surface area (Å²) in [6, 6.07) is 17.8. The Bertz CT molecular complexity index is 967. The molecule has 1 aliphatic rings. The van der Waals surface area contributed by atoms with Gasteiger partial charge in [0, 0.05) is 24.3 Å². The molecule has 6 nitrogen and oxygen atoms in total. The monoisotopic (exact) mass is 423 g/mol. The van der Waals surface area contributed by atoms with Crippen molar-refractivity contribution in [2.75, 3.05) is 26.0 Å². The highest BCUT2D eigenvalue weighted by Crippen LogP contribution is 2.32. The van der Waals surface area contributed by atoms with E-state index in [0.29, 0.717) is 12.3 Å². The fourth-order valence-electron chi connectivity index (χ4n) is 3.37. The smallest absolute Gasteiger partial charge is 0.230 e. The zero-order valence-electron chi connectivity index (χ0n) is 16.9. The molecule has 1 saturated heterocycles. The summed E-state index contributed by atoms with van der Waals surface area (Å²) in [5.41, 5.74) is 2.91. The number of thioether (sulfide) groups is 1. The molecule has 3 aromatic rings. The molecule has 0 saturated carbocycles. The Labute approximate surface area is 180 Å². The van der Waals surface area contributed by atoms with Crippen molar-refractivity contribution in [3.63, 3.8) is 0 Å². The van der Waals surface area contributed by atoms with E-state index in [1.807, 2.05) is 54.6 Å². The molecule has 30 heavy (non-hydrogen) atoms. The second-order valence-electron chi connectivity index (χ2n) is 7.09. The van der Waals surface area contributed by atoms with Crippen LogP contribution in [-0.2, 0) is 9.53 Å². The minimum Gasteiger partial charge on any atom is -0.497 e. The number of H-pyrrole nitrogens is 1. The third-order valence-electron chi connectivity index (χ3n) is 4.99. The first-order valence-corrected chi connectivity index (χ1v) is 11.0. The number of carbonyl (C=O) groups excluding carboxylic acids is 1. The van der Waals surface area contributed by atoms with Gasteiger partial charge in [0.25, 0.3) is 0 Å². The lowest BCUT2D eigenvalue weighted by Crippen LogP contribution is -2.32. The van der Waals surface area contributed by atoms with Gasteiger partial charge < -0.3 is 19.8 Å². The van der Waals surface area contributed by atoms with Gasteiger partial charge in [0.15, 0.2) is 0 Å². The van der Waals surface area contributed by atoms with Gasteiger partial charge in [-0.3, -0.25) is 4.79 Å². The summed E-state index contributed by atoms with van der Waals surface area (Å²) in [5, 5.41) is 3.77. The standard InChI is InChI=1S/C23H25N3O3S/c1-28-18-11-9-17(10-12-18)22-25-21(16-6-3-2-4-7-16)23(26-22)30-15-20(27)24-14-19-8-5-13-29-19/h2-4,6-7,9-12,19H,5,8,13-15H2,1H3,(H,24,27)(H,25,26)/t19-/m0/s1. The second kappa shape index (κ2) is 9.82. The van der Waals surface area contributed by atoms with Crippen molar-refractivity contribution in [3.8, 4) is 28.4 Å². The van der Waals surface area contributed by atoms with Crippen molar-refractivity contribution >= 4 is 17.7 Å². The van der Waals surface area contributed by atoms with Crippen LogP contribution in [0, 0.1) is 0 Å². The largest absolute Gasteiger partial charge is 0.497 e. The molecule has 2 aromatic carbocycles. The Hall–Kier alpha value is -2.77. The lowest BCUT2D eigenvalue weighted by atomic mass is 10.2. The van der Waals surface area contributed by atoms with Crippen LogP contribution in [0.3, 0.4) is 0 Å². The highest BCUT2D eigenvalue weighted by Gasteiger charge is 2.18. The van der Waals surface area contributed by atoms with Gasteiger partial charge in [-0.25, -0.2) is 4.98 Å². The van der Waals surface area contributed by atoms with E-state index in [0.717, 1.165) is 52.9 Å². The zero-order valence-corrected chi connectivity index (χ0v) is 17.7. The van der Waals surface area contributed by atoms with E-state index in [2.05, 4.69) is 10.3 Å². The van der Waals surface area contributed by atoms with Crippen LogP contribution in [0.5, 0.6) is 5.75 Å². The second-order valence-corrected chi connectivity index (χ2v) is 8.05. The van der Waals surface area contributed by atoms with Crippen LogP contribution in [0.4, 0.5) is 0 Å². The number of hydrogen-bond acceptors (Lipinski definition) is 5. The number of benzene rings is 2. The van der Waals surface area contributed by atoms with Crippen molar-refractivity contribution in [2.24, 2.45) is 0 Å². The maximum Gasteiger partial charge on any atom is 0.230 e. The average molecular weight is 424 g/mol. The summed E-state index contributed by atoms with van der Waals surface area (Å²) in [6.45, 7) is 1.36. The Morgan fingerprint density at radius 2 is 2.00 bits per heavy atom. The van der Waals surface area contributed by atoms with Gasteiger partial charge in [0.1, 0.15) is 16.6 Å². The number of imidazole rings is 1. The SMILES string of the molecule is COc1ccc(-c2nc(SCC(=O)NC[C@@H]3CCCO3)c(-c3ccccc3)[nH]2)cc1. The molecule has 2 N–H and O–H groups in total. The van der Waals surface area contributed by atoms with Crippen LogP contribution in [0.25, 0.3) is 22.6 Å². The summed E-state index contributed by atoms with van der Waals surface area (Å²) >= 11 is 1.44. The van der Waals surface area contributed by atoms with Crippen molar-refractivity contribution in [3.05, 3.63) is 54.6 Å². The molecule has 0 unspecified atom stereocenters. The average Bonchev–Trinajstić information content (AvgIpc) is 3.47. The first-order valence-electron chi connectivity index (χ1n) is 10.0. The Balaban J connectivity index is 1.49.